The fourth-order valence-electron chi connectivity index (χ4n) is 4.30. The first-order chi connectivity index (χ1) is 40.6. The third kappa shape index (κ3) is 29.8. The van der Waals surface area contributed by atoms with Gasteiger partial charge in [-0.3, -0.25) is 28.9 Å². The minimum atomic E-state index is -4.67. The van der Waals surface area contributed by atoms with Crippen molar-refractivity contribution in [2.24, 2.45) is 5.34 Å². The molecule has 0 radical (unpaired) electrons. The van der Waals surface area contributed by atoms with E-state index in [2.05, 4.69) is 133 Å². The second-order valence-electron chi connectivity index (χ2n) is 12.6. The minimum absolute atomic E-state index is 0. The average Bonchev–Trinajstić information content (AvgIpc) is 4.03. The van der Waals surface area contributed by atoms with Crippen molar-refractivity contribution in [3.05, 3.63) is 83.5 Å². The molecule has 0 aliphatic carbocycles. The van der Waals surface area contributed by atoms with Gasteiger partial charge in [0.05, 0.1) is 71.8 Å². The maximum Gasteiger partial charge on any atom is 1.00 e. The monoisotopic (exact) mass is 1300 g/mol. The van der Waals surface area contributed by atoms with Crippen LogP contribution in [0.25, 0.3) is 44.1 Å². The third-order valence-corrected chi connectivity index (χ3v) is 9.62. The predicted octanol–water partition coefficient (Wildman–Crippen LogP) is -0.441. The van der Waals surface area contributed by atoms with Gasteiger partial charge in [0.1, 0.15) is 52.6 Å². The molecule has 0 aliphatic rings. The van der Waals surface area contributed by atoms with Gasteiger partial charge in [0.25, 0.3) is 11.1 Å². The van der Waals surface area contributed by atoms with Gasteiger partial charge in [0.2, 0.25) is 0 Å². The Bertz CT molecular complexity index is 3830. The number of fused-ring (bicyclic) bond motifs is 4. The van der Waals surface area contributed by atoms with Crippen molar-refractivity contribution in [1.29, 1.82) is 0 Å². The average molecular weight is 1310 g/mol. The molecule has 11 aromatic heterocycles. The molecule has 0 unspecified atom stereocenters. The van der Waals surface area contributed by atoms with E-state index in [0.29, 0.717) is 70.5 Å². The van der Waals surface area contributed by atoms with Gasteiger partial charge >= 0.3 is 40.0 Å². The summed E-state index contributed by atoms with van der Waals surface area (Å²) >= 11 is 12.5. The number of hydrogen-bond acceptors (Lipinski definition) is 36. The standard InChI is InChI=1S/C5H5N5S.C5H8N4S.C4H4N6.C4H3N5O.C4H3N5S.C4H6N4O.C4H6N4S.4C2H6.HNO2.Na.H2O4S/c1-11-5-4-3(2-6-9-5)7-10-8-4;1-10-5-4(7)3(6)2-8-9-5;5-4-3-2(1-6-9-4)7-10-8-3;2*10-4-3-2(1-5-8-4)6-9-7-3;2*5-2-1-7-8-4(9)3(2)6;4*1-2;2-1-3;;1-5(2,3)4/h2H,1H3,(H,7,8,10);2H,1H3,(H2,6,9)(H2,7,8);1H,(H2,5,9)(H,7,8,10);2*1H,(H,8,10)(H,6,7,9);2*1H,(H2,6,7)(H3,5,8,9);4*1-2H3;(H,2,3);;(H2,1,2,3,4)/q;;;;;;;;;;;;+1;/p-1. The number of aromatic amines is 8. The molecule has 24 N–H and O–H groups in total. The number of H-pyrrole nitrogens is 8. The maximum atomic E-state index is 10.8. The number of hydrogen-bond donors (Lipinski definition) is 17. The quantitative estimate of drug-likeness (QED) is 0.0260. The van der Waals surface area contributed by atoms with Crippen molar-refractivity contribution in [3.63, 3.8) is 0 Å². The van der Waals surface area contributed by atoms with E-state index in [1.54, 1.807) is 12.4 Å². The molecular formula is C38H61N34NaO8S5. The Balaban J connectivity index is -0.000000897. The minimum Gasteiger partial charge on any atom is -0.444 e. The van der Waals surface area contributed by atoms with Crippen molar-refractivity contribution in [3.8, 4) is 0 Å². The number of anilines is 7. The summed E-state index contributed by atoms with van der Waals surface area (Å²) in [5.41, 5.74) is 43.6. The number of nitrogens with zero attached hydrogens (tertiary/aromatic N) is 19. The number of aromatic nitrogens is 26. The summed E-state index contributed by atoms with van der Waals surface area (Å²) in [6, 6.07) is 0. The zero-order valence-electron chi connectivity index (χ0n) is 47.5. The molecule has 42 nitrogen and oxygen atoms in total. The molecule has 86 heavy (non-hydrogen) atoms. The Morgan fingerprint density at radius 1 is 0.477 bits per heavy atom. The van der Waals surface area contributed by atoms with Crippen LogP contribution in [0, 0.1) is 19.4 Å². The number of rotatable bonds is 2. The van der Waals surface area contributed by atoms with Gasteiger partial charge in [0, 0.05) is 0 Å². The summed E-state index contributed by atoms with van der Waals surface area (Å²) in [6.45, 7) is 16.0. The van der Waals surface area contributed by atoms with Crippen LogP contribution in [0.4, 0.5) is 39.9 Å². The van der Waals surface area contributed by atoms with Crippen LogP contribution in [-0.2, 0) is 10.4 Å². The molecule has 48 heteroatoms. The second-order valence-corrected chi connectivity index (χ2v) is 15.9. The van der Waals surface area contributed by atoms with Crippen molar-refractivity contribution >= 4 is 142 Å². The normalized spacial score (nSPS) is 9.16. The van der Waals surface area contributed by atoms with Gasteiger partial charge in [-0.2, -0.15) is 106 Å². The number of nitrogens with two attached hydrogens (primary N) is 7. The summed E-state index contributed by atoms with van der Waals surface area (Å²) < 4.78 is 32.5. The number of nitrogen functional groups attached to an aromatic ring is 7. The van der Waals surface area contributed by atoms with E-state index < -0.39 is 16.0 Å². The molecule has 0 spiro atoms. The molecule has 0 saturated heterocycles. The Hall–Kier alpha value is -9.23. The van der Waals surface area contributed by atoms with E-state index in [-0.39, 0.29) is 52.0 Å². The van der Waals surface area contributed by atoms with Crippen LogP contribution in [0.5, 0.6) is 0 Å². The molecule has 0 aromatic carbocycles. The fourth-order valence-corrected chi connectivity index (χ4v) is 5.62. The first-order valence-electron chi connectivity index (χ1n) is 23.2. The SMILES string of the molecule is CC.CC.CC.CC.CSc1nncc(N)c1N.CSc1nncc2n[nH]nc12.Nc1cn[nH]c(=O)c1N.Nc1cn[nH]c(=S)c1N.Nc1nncc2n[nH]nc12.O=N[O-].O=S(=O)(O)O.O=c1[nH]ncc2n[nH]nc12.S=c1[nH]ncc2n[nH]nc12.[Na+]. The van der Waals surface area contributed by atoms with Crippen LogP contribution >= 0.6 is 48.0 Å². The Kier molecular flexibility index (Phi) is 43.5. The molecule has 11 heterocycles. The van der Waals surface area contributed by atoms with E-state index >= 15 is 0 Å². The Labute approximate surface area is 526 Å². The molecular weight excluding hydrogens is 1240 g/mol. The van der Waals surface area contributed by atoms with Gasteiger partial charge < -0.3 is 50.2 Å². The summed E-state index contributed by atoms with van der Waals surface area (Å²) in [7, 11) is -4.67. The summed E-state index contributed by atoms with van der Waals surface area (Å²) in [4.78, 5) is 29.3. The van der Waals surface area contributed by atoms with Crippen LogP contribution in [-0.4, -0.2) is 163 Å². The molecule has 0 atom stereocenters. The molecule has 0 bridgehead atoms. The summed E-state index contributed by atoms with van der Waals surface area (Å²) in [6.07, 6.45) is 14.0. The third-order valence-electron chi connectivity index (χ3n) is 7.68. The van der Waals surface area contributed by atoms with E-state index in [0.717, 1.165) is 21.4 Å². The van der Waals surface area contributed by atoms with Gasteiger partial charge in [-0.1, -0.05) is 79.8 Å². The molecule has 11 aromatic rings. The first-order valence-corrected chi connectivity index (χ1v) is 27.9. The summed E-state index contributed by atoms with van der Waals surface area (Å²) in [5.74, 6) is 0.297. The largest absolute Gasteiger partial charge is 1.00 e. The van der Waals surface area contributed by atoms with Crippen molar-refractivity contribution in [2.75, 3.05) is 52.6 Å². The molecule has 0 fully saturated rings. The Morgan fingerprint density at radius 3 is 1.26 bits per heavy atom. The van der Waals surface area contributed by atoms with Crippen molar-refractivity contribution in [2.45, 2.75) is 65.4 Å². The molecule has 462 valence electrons. The van der Waals surface area contributed by atoms with Gasteiger partial charge in [-0.05, 0) is 12.5 Å². The van der Waals surface area contributed by atoms with Crippen LogP contribution in [0.1, 0.15) is 55.4 Å². The number of thioether (sulfide) groups is 2. The van der Waals surface area contributed by atoms with Gasteiger partial charge in [-0.25, -0.2) is 10.2 Å². The van der Waals surface area contributed by atoms with Crippen LogP contribution in [0.15, 0.2) is 68.4 Å². The zero-order chi connectivity index (χ0) is 65.1. The van der Waals surface area contributed by atoms with Crippen LogP contribution in [0.2, 0.25) is 0 Å². The van der Waals surface area contributed by atoms with E-state index in [1.165, 1.54) is 54.5 Å². The second kappa shape index (κ2) is 46.2. The molecule has 0 saturated carbocycles. The Morgan fingerprint density at radius 2 is 0.826 bits per heavy atom. The molecule has 11 rings (SSSR count). The maximum absolute atomic E-state index is 10.8. The fraction of sp³-hybridized carbons (Fsp3) is 0.263. The smallest absolute Gasteiger partial charge is 0.444 e. The molecule has 0 amide bonds. The van der Waals surface area contributed by atoms with E-state index in [4.69, 9.17) is 92.2 Å². The van der Waals surface area contributed by atoms with Crippen LogP contribution < -0.4 is 80.8 Å². The van der Waals surface area contributed by atoms with Gasteiger partial charge in [0.15, 0.2) is 22.4 Å². The van der Waals surface area contributed by atoms with E-state index in [1.807, 2.05) is 67.9 Å². The first kappa shape index (κ1) is 81.0. The van der Waals surface area contributed by atoms with E-state index in [9.17, 15) is 9.59 Å². The number of nitrogens with one attached hydrogen (secondary N) is 8. The van der Waals surface area contributed by atoms with Crippen LogP contribution in [0.3, 0.4) is 0 Å². The van der Waals surface area contributed by atoms with Crippen molar-refractivity contribution in [1.82, 2.24) is 133 Å². The zero-order valence-corrected chi connectivity index (χ0v) is 53.5. The predicted molar refractivity (Wildman–Crippen MR) is 328 cm³/mol. The summed E-state index contributed by atoms with van der Waals surface area (Å²) in [5, 5.41) is 96.3. The van der Waals surface area contributed by atoms with Crippen molar-refractivity contribution < 1.29 is 47.1 Å². The molecule has 0 aliphatic heterocycles. The topological polar surface area (TPSA) is 702 Å². The van der Waals surface area contributed by atoms with Gasteiger partial charge in [-0.15, -0.1) is 44.2 Å².